The fraction of sp³-hybridized carbons (Fsp3) is 0.0455. The van der Waals surface area contributed by atoms with Crippen molar-refractivity contribution in [3.63, 3.8) is 0 Å². The predicted molar refractivity (Wildman–Crippen MR) is 106 cm³/mol. The number of sulfone groups is 1. The van der Waals surface area contributed by atoms with Crippen molar-refractivity contribution in [2.75, 3.05) is 0 Å². The molecular formula is C22H13N3O3S. The number of rotatable bonds is 4. The molecular weight excluding hydrogens is 386 g/mol. The molecule has 0 aliphatic heterocycles. The smallest absolute Gasteiger partial charge is 0.257 e. The maximum absolute atomic E-state index is 12.9. The highest BCUT2D eigenvalue weighted by Gasteiger charge is 2.27. The van der Waals surface area contributed by atoms with Gasteiger partial charge in [0, 0.05) is 5.56 Å². The number of nitriles is 2. The molecule has 0 spiro atoms. The average Bonchev–Trinajstić information content (AvgIpc) is 3.18. The number of aromatic nitrogens is 1. The van der Waals surface area contributed by atoms with Crippen molar-refractivity contribution >= 4 is 20.6 Å². The molecule has 29 heavy (non-hydrogen) atoms. The van der Waals surface area contributed by atoms with Crippen molar-refractivity contribution in [2.24, 2.45) is 0 Å². The van der Waals surface area contributed by atoms with Gasteiger partial charge in [0.1, 0.15) is 6.07 Å². The van der Waals surface area contributed by atoms with Crippen molar-refractivity contribution < 1.29 is 12.8 Å². The molecule has 0 N–H and O–H groups in total. The van der Waals surface area contributed by atoms with Crippen LogP contribution in [0.3, 0.4) is 0 Å². The topological polar surface area (TPSA) is 108 Å². The number of benzene rings is 3. The number of fused-ring (bicyclic) bond motifs is 1. The Morgan fingerprint density at radius 2 is 1.69 bits per heavy atom. The lowest BCUT2D eigenvalue weighted by molar-refractivity contribution is 0.457. The molecule has 0 saturated heterocycles. The summed E-state index contributed by atoms with van der Waals surface area (Å²) in [7, 11) is -3.98. The second-order valence-corrected chi connectivity index (χ2v) is 8.25. The summed E-state index contributed by atoms with van der Waals surface area (Å²) in [6.45, 7) is 0. The Balaban J connectivity index is 1.80. The Kier molecular flexibility index (Phi) is 4.59. The van der Waals surface area contributed by atoms with Gasteiger partial charge in [-0.15, -0.1) is 0 Å². The lowest BCUT2D eigenvalue weighted by atomic mass is 10.0. The molecule has 140 valence electrons. The summed E-state index contributed by atoms with van der Waals surface area (Å²) in [5.41, 5.74) is 1.10. The lowest BCUT2D eigenvalue weighted by Crippen LogP contribution is -2.06. The molecule has 1 aromatic heterocycles. The number of nitrogens with zero attached hydrogens (tertiary/aromatic N) is 3. The molecule has 0 unspecified atom stereocenters. The zero-order chi connectivity index (χ0) is 20.4. The van der Waals surface area contributed by atoms with E-state index in [9.17, 15) is 13.7 Å². The number of hydrogen-bond donors (Lipinski definition) is 0. The van der Waals surface area contributed by atoms with Gasteiger partial charge in [0.05, 0.1) is 17.4 Å². The van der Waals surface area contributed by atoms with E-state index in [1.165, 1.54) is 6.07 Å². The van der Waals surface area contributed by atoms with Crippen LogP contribution >= 0.6 is 0 Å². The van der Waals surface area contributed by atoms with Gasteiger partial charge in [-0.2, -0.15) is 15.5 Å². The maximum Gasteiger partial charge on any atom is 0.257 e. The summed E-state index contributed by atoms with van der Waals surface area (Å²) in [6.07, 6.45) is 0. The number of hydrogen-bond acceptors (Lipinski definition) is 6. The highest BCUT2D eigenvalue weighted by Crippen LogP contribution is 2.31. The molecule has 0 aliphatic carbocycles. The van der Waals surface area contributed by atoms with Crippen LogP contribution in [0.2, 0.25) is 0 Å². The third kappa shape index (κ3) is 3.47. The van der Waals surface area contributed by atoms with Crippen LogP contribution in [0.1, 0.15) is 16.8 Å². The monoisotopic (exact) mass is 399 g/mol. The highest BCUT2D eigenvalue weighted by atomic mass is 32.2. The second-order valence-electron chi connectivity index (χ2n) is 6.36. The zero-order valence-corrected chi connectivity index (χ0v) is 15.8. The van der Waals surface area contributed by atoms with Gasteiger partial charge in [-0.25, -0.2) is 8.42 Å². The third-order valence-electron chi connectivity index (χ3n) is 4.42. The summed E-state index contributed by atoms with van der Waals surface area (Å²) in [6, 6.07) is 23.1. The highest BCUT2D eigenvalue weighted by molar-refractivity contribution is 7.90. The quantitative estimate of drug-likeness (QED) is 0.509. The Hall–Kier alpha value is -3.94. The molecule has 4 rings (SSSR count). The van der Waals surface area contributed by atoms with E-state index in [1.54, 1.807) is 24.3 Å². The van der Waals surface area contributed by atoms with E-state index < -0.39 is 20.7 Å². The zero-order valence-electron chi connectivity index (χ0n) is 15.0. The van der Waals surface area contributed by atoms with Crippen LogP contribution in [0.5, 0.6) is 0 Å². The van der Waals surface area contributed by atoms with Crippen molar-refractivity contribution in [3.8, 4) is 23.6 Å². The second kappa shape index (κ2) is 7.23. The van der Waals surface area contributed by atoms with Crippen LogP contribution in [0.15, 0.2) is 76.2 Å². The van der Waals surface area contributed by atoms with Gasteiger partial charge in [0.2, 0.25) is 15.7 Å². The molecule has 0 aliphatic rings. The van der Waals surface area contributed by atoms with Gasteiger partial charge >= 0.3 is 0 Å². The Bertz CT molecular complexity index is 1420. The van der Waals surface area contributed by atoms with Gasteiger partial charge in [0.25, 0.3) is 5.09 Å². The summed E-state index contributed by atoms with van der Waals surface area (Å²) >= 11 is 0. The van der Waals surface area contributed by atoms with E-state index in [1.807, 2.05) is 48.5 Å². The Labute approximate surface area is 167 Å². The van der Waals surface area contributed by atoms with Crippen LogP contribution in [-0.4, -0.2) is 13.4 Å². The van der Waals surface area contributed by atoms with E-state index >= 15 is 0 Å². The summed E-state index contributed by atoms with van der Waals surface area (Å²) in [5, 5.41) is 19.7. The van der Waals surface area contributed by atoms with Crippen molar-refractivity contribution in [3.05, 3.63) is 83.6 Å². The molecule has 4 aromatic rings. The first-order valence-electron chi connectivity index (χ1n) is 8.63. The maximum atomic E-state index is 12.9. The molecule has 6 nitrogen and oxygen atoms in total. The van der Waals surface area contributed by atoms with Crippen LogP contribution < -0.4 is 0 Å². The van der Waals surface area contributed by atoms with Crippen LogP contribution in [-0.2, 0) is 15.6 Å². The molecule has 3 aromatic carbocycles. The van der Waals surface area contributed by atoms with Gasteiger partial charge in [0.15, 0.2) is 5.69 Å². The minimum absolute atomic E-state index is 0.0719. The van der Waals surface area contributed by atoms with Gasteiger partial charge < -0.3 is 4.42 Å². The molecule has 0 radical (unpaired) electrons. The van der Waals surface area contributed by atoms with E-state index in [-0.39, 0.29) is 11.6 Å². The fourth-order valence-corrected chi connectivity index (χ4v) is 4.47. The van der Waals surface area contributed by atoms with Gasteiger partial charge in [-0.05, 0) is 34.5 Å². The molecule has 0 fully saturated rings. The lowest BCUT2D eigenvalue weighted by Gasteiger charge is -2.03. The predicted octanol–water partition coefficient (Wildman–Crippen LogP) is 4.21. The van der Waals surface area contributed by atoms with Crippen molar-refractivity contribution in [2.45, 2.75) is 10.8 Å². The summed E-state index contributed by atoms with van der Waals surface area (Å²) < 4.78 is 31.4. The van der Waals surface area contributed by atoms with Gasteiger partial charge in [-0.3, -0.25) is 0 Å². The standard InChI is InChI=1S/C22H13N3O3S/c23-12-15-5-3-6-16(11-15)14-29(26,27)22-20(13-24)25-21(28-22)19-10-4-8-17-7-1-2-9-18(17)19/h1-11H,14H2. The first-order valence-corrected chi connectivity index (χ1v) is 10.3. The first kappa shape index (κ1) is 18.4. The SMILES string of the molecule is N#Cc1cccc(CS(=O)(=O)c2oc(-c3cccc4ccccc34)nc2C#N)c1. The first-order chi connectivity index (χ1) is 14.0. The van der Waals surface area contributed by atoms with E-state index in [4.69, 9.17) is 9.68 Å². The molecule has 0 bridgehead atoms. The minimum atomic E-state index is -3.98. The summed E-state index contributed by atoms with van der Waals surface area (Å²) in [5.74, 6) is -0.329. The average molecular weight is 399 g/mol. The van der Waals surface area contributed by atoms with Crippen LogP contribution in [0, 0.1) is 22.7 Å². The molecule has 0 amide bonds. The van der Waals surface area contributed by atoms with Crippen molar-refractivity contribution in [1.82, 2.24) is 4.98 Å². The van der Waals surface area contributed by atoms with E-state index in [0.717, 1.165) is 10.8 Å². The van der Waals surface area contributed by atoms with Crippen LogP contribution in [0.25, 0.3) is 22.2 Å². The van der Waals surface area contributed by atoms with Gasteiger partial charge in [-0.1, -0.05) is 48.5 Å². The fourth-order valence-electron chi connectivity index (χ4n) is 3.13. The van der Waals surface area contributed by atoms with E-state index in [0.29, 0.717) is 16.7 Å². The van der Waals surface area contributed by atoms with E-state index in [2.05, 4.69) is 4.98 Å². The molecule has 1 heterocycles. The molecule has 0 atom stereocenters. The van der Waals surface area contributed by atoms with Crippen LogP contribution in [0.4, 0.5) is 0 Å². The molecule has 7 heteroatoms. The van der Waals surface area contributed by atoms with Crippen molar-refractivity contribution in [1.29, 1.82) is 10.5 Å². The Morgan fingerprint density at radius 3 is 2.48 bits per heavy atom. The Morgan fingerprint density at radius 1 is 0.931 bits per heavy atom. The third-order valence-corrected chi connectivity index (χ3v) is 5.97. The number of oxazole rings is 1. The minimum Gasteiger partial charge on any atom is -0.423 e. The summed E-state index contributed by atoms with van der Waals surface area (Å²) in [4.78, 5) is 4.13. The largest absolute Gasteiger partial charge is 0.423 e. The normalized spacial score (nSPS) is 11.1. The molecule has 0 saturated carbocycles.